The Kier molecular flexibility index (Phi) is 3.73. The van der Waals surface area contributed by atoms with Crippen molar-refractivity contribution < 1.29 is 18.3 Å². The molecule has 0 bridgehead atoms. The predicted octanol–water partition coefficient (Wildman–Crippen LogP) is 3.45. The van der Waals surface area contributed by atoms with Crippen LogP contribution in [0.2, 0.25) is 0 Å². The Labute approximate surface area is 94.2 Å². The highest BCUT2D eigenvalue weighted by atomic mass is 19.3. The predicted molar refractivity (Wildman–Crippen MR) is 58.3 cm³/mol. The van der Waals surface area contributed by atoms with Crippen LogP contribution in [-0.4, -0.2) is 14.2 Å². The molecule has 1 aromatic rings. The summed E-state index contributed by atoms with van der Waals surface area (Å²) in [7, 11) is 2.85. The van der Waals surface area contributed by atoms with E-state index in [4.69, 9.17) is 9.47 Å². The molecule has 0 aliphatic rings. The van der Waals surface area contributed by atoms with E-state index in [1.807, 2.05) is 0 Å². The second kappa shape index (κ2) is 4.68. The van der Waals surface area contributed by atoms with Crippen LogP contribution in [0.5, 0.6) is 11.5 Å². The maximum absolute atomic E-state index is 13.8. The summed E-state index contributed by atoms with van der Waals surface area (Å²) in [5, 5.41) is 0. The molecule has 0 heterocycles. The molecule has 0 unspecified atom stereocenters. The summed E-state index contributed by atoms with van der Waals surface area (Å²) < 4.78 is 37.6. The van der Waals surface area contributed by atoms with Gasteiger partial charge in [0.25, 0.3) is 5.92 Å². The number of ether oxygens (including phenoxy) is 2. The van der Waals surface area contributed by atoms with E-state index in [9.17, 15) is 8.78 Å². The first kappa shape index (κ1) is 12.7. The molecule has 0 fully saturated rings. The van der Waals surface area contributed by atoms with E-state index in [0.29, 0.717) is 5.75 Å². The zero-order valence-corrected chi connectivity index (χ0v) is 9.88. The van der Waals surface area contributed by atoms with Crippen LogP contribution >= 0.6 is 0 Å². The van der Waals surface area contributed by atoms with E-state index in [-0.39, 0.29) is 11.3 Å². The van der Waals surface area contributed by atoms with Gasteiger partial charge in [-0.05, 0) is 12.1 Å². The number of hydrogen-bond acceptors (Lipinski definition) is 2. The van der Waals surface area contributed by atoms with E-state index in [1.54, 1.807) is 0 Å². The van der Waals surface area contributed by atoms with E-state index < -0.39 is 11.8 Å². The Bertz CT molecular complexity index is 362. The largest absolute Gasteiger partial charge is 0.497 e. The Hall–Kier alpha value is -1.32. The molecule has 0 aliphatic heterocycles. The highest BCUT2D eigenvalue weighted by Gasteiger charge is 2.38. The number of alkyl halides is 2. The summed E-state index contributed by atoms with van der Waals surface area (Å²) >= 11 is 0. The highest BCUT2D eigenvalue weighted by Crippen LogP contribution is 2.41. The van der Waals surface area contributed by atoms with Crippen LogP contribution in [0.15, 0.2) is 18.2 Å². The van der Waals surface area contributed by atoms with E-state index >= 15 is 0 Å². The zero-order chi connectivity index (χ0) is 12.3. The summed E-state index contributed by atoms with van der Waals surface area (Å²) in [5.41, 5.74) is -0.106. The molecule has 0 spiro atoms. The molecule has 2 nitrogen and oxygen atoms in total. The van der Waals surface area contributed by atoms with Crippen LogP contribution in [0, 0.1) is 5.92 Å². The van der Waals surface area contributed by atoms with Gasteiger partial charge in [0.1, 0.15) is 11.5 Å². The van der Waals surface area contributed by atoms with Gasteiger partial charge in [0.2, 0.25) is 0 Å². The Morgan fingerprint density at radius 3 is 2.19 bits per heavy atom. The molecule has 1 aromatic carbocycles. The summed E-state index contributed by atoms with van der Waals surface area (Å²) in [6.45, 7) is 2.95. The van der Waals surface area contributed by atoms with Crippen molar-refractivity contribution in [3.63, 3.8) is 0 Å². The van der Waals surface area contributed by atoms with Gasteiger partial charge in [0.15, 0.2) is 0 Å². The van der Waals surface area contributed by atoms with Gasteiger partial charge in [-0.1, -0.05) is 13.8 Å². The van der Waals surface area contributed by atoms with Gasteiger partial charge >= 0.3 is 0 Å². The SMILES string of the molecule is COc1ccc(C(F)(F)C(C)C)c(OC)c1. The fourth-order valence-corrected chi connectivity index (χ4v) is 1.38. The van der Waals surface area contributed by atoms with Gasteiger partial charge in [-0.2, -0.15) is 0 Å². The molecule has 0 aliphatic carbocycles. The number of methoxy groups -OCH3 is 2. The van der Waals surface area contributed by atoms with Crippen LogP contribution < -0.4 is 9.47 Å². The molecule has 0 radical (unpaired) electrons. The number of benzene rings is 1. The van der Waals surface area contributed by atoms with E-state index in [1.165, 1.54) is 46.3 Å². The summed E-state index contributed by atoms with van der Waals surface area (Å²) in [6.07, 6.45) is 0. The van der Waals surface area contributed by atoms with Crippen molar-refractivity contribution in [2.45, 2.75) is 19.8 Å². The van der Waals surface area contributed by atoms with Gasteiger partial charge in [-0.3, -0.25) is 0 Å². The Morgan fingerprint density at radius 2 is 1.75 bits per heavy atom. The van der Waals surface area contributed by atoms with Crippen LogP contribution in [-0.2, 0) is 5.92 Å². The summed E-state index contributed by atoms with van der Waals surface area (Å²) in [4.78, 5) is 0. The molecule has 4 heteroatoms. The van der Waals surface area contributed by atoms with Crippen LogP contribution in [0.25, 0.3) is 0 Å². The molecule has 0 saturated carbocycles. The lowest BCUT2D eigenvalue weighted by atomic mass is 9.97. The Balaban J connectivity index is 3.23. The molecule has 16 heavy (non-hydrogen) atoms. The molecule has 0 amide bonds. The normalized spacial score (nSPS) is 11.7. The smallest absolute Gasteiger partial charge is 0.279 e. The maximum Gasteiger partial charge on any atom is 0.279 e. The van der Waals surface area contributed by atoms with Gasteiger partial charge in [0.05, 0.1) is 19.8 Å². The fourth-order valence-electron chi connectivity index (χ4n) is 1.38. The van der Waals surface area contributed by atoms with Gasteiger partial charge < -0.3 is 9.47 Å². The molecule has 90 valence electrons. The van der Waals surface area contributed by atoms with Crippen molar-refractivity contribution in [2.24, 2.45) is 5.92 Å². The van der Waals surface area contributed by atoms with E-state index in [2.05, 4.69) is 0 Å². The van der Waals surface area contributed by atoms with Gasteiger partial charge in [-0.15, -0.1) is 0 Å². The fraction of sp³-hybridized carbons (Fsp3) is 0.500. The van der Waals surface area contributed by atoms with Crippen LogP contribution in [0.4, 0.5) is 8.78 Å². The van der Waals surface area contributed by atoms with Crippen molar-refractivity contribution in [1.29, 1.82) is 0 Å². The third-order valence-electron chi connectivity index (χ3n) is 2.49. The molecule has 0 aromatic heterocycles. The first-order chi connectivity index (χ1) is 7.43. The number of rotatable bonds is 4. The van der Waals surface area contributed by atoms with Crippen LogP contribution in [0.1, 0.15) is 19.4 Å². The topological polar surface area (TPSA) is 18.5 Å². The third kappa shape index (κ3) is 2.26. The average Bonchev–Trinajstić information content (AvgIpc) is 2.27. The minimum atomic E-state index is -2.91. The van der Waals surface area contributed by atoms with Crippen LogP contribution in [0.3, 0.4) is 0 Å². The minimum absolute atomic E-state index is 0.106. The molecule has 0 atom stereocenters. The van der Waals surface area contributed by atoms with Crippen molar-refractivity contribution in [3.05, 3.63) is 23.8 Å². The third-order valence-corrected chi connectivity index (χ3v) is 2.49. The van der Waals surface area contributed by atoms with Crippen molar-refractivity contribution in [1.82, 2.24) is 0 Å². The van der Waals surface area contributed by atoms with Crippen molar-refractivity contribution in [2.75, 3.05) is 14.2 Å². The second-order valence-electron chi connectivity index (χ2n) is 3.84. The van der Waals surface area contributed by atoms with Crippen molar-refractivity contribution >= 4 is 0 Å². The summed E-state index contributed by atoms with van der Waals surface area (Å²) in [6, 6.07) is 4.32. The number of hydrogen-bond donors (Lipinski definition) is 0. The van der Waals surface area contributed by atoms with Gasteiger partial charge in [-0.25, -0.2) is 8.78 Å². The Morgan fingerprint density at radius 1 is 1.12 bits per heavy atom. The second-order valence-corrected chi connectivity index (χ2v) is 3.84. The van der Waals surface area contributed by atoms with E-state index in [0.717, 1.165) is 0 Å². The molecule has 1 rings (SSSR count). The highest BCUT2D eigenvalue weighted by molar-refractivity contribution is 5.43. The zero-order valence-electron chi connectivity index (χ0n) is 9.88. The lowest BCUT2D eigenvalue weighted by Gasteiger charge is -2.23. The molecule has 0 N–H and O–H groups in total. The number of halogens is 2. The lowest BCUT2D eigenvalue weighted by Crippen LogP contribution is -2.21. The quantitative estimate of drug-likeness (QED) is 0.788. The standard InChI is InChI=1S/C12H16F2O2/c1-8(2)12(13,14)10-6-5-9(15-3)7-11(10)16-4/h5-8H,1-4H3. The van der Waals surface area contributed by atoms with Gasteiger partial charge in [0, 0.05) is 12.0 Å². The van der Waals surface area contributed by atoms with Crippen molar-refractivity contribution in [3.8, 4) is 11.5 Å². The first-order valence-electron chi connectivity index (χ1n) is 5.03. The summed E-state index contributed by atoms with van der Waals surface area (Å²) in [5.74, 6) is -3.04. The molecule has 0 saturated heterocycles. The molecular formula is C12H16F2O2. The average molecular weight is 230 g/mol. The first-order valence-corrected chi connectivity index (χ1v) is 5.03. The molecular weight excluding hydrogens is 214 g/mol. The lowest BCUT2D eigenvalue weighted by molar-refractivity contribution is -0.0531. The minimum Gasteiger partial charge on any atom is -0.497 e. The monoisotopic (exact) mass is 230 g/mol. The maximum atomic E-state index is 13.8.